The van der Waals surface area contributed by atoms with Crippen LogP contribution in [0.1, 0.15) is 36.7 Å². The molecule has 24 heavy (non-hydrogen) atoms. The second-order valence-electron chi connectivity index (χ2n) is 6.33. The fraction of sp³-hybridized carbons (Fsp3) is 0.278. The van der Waals surface area contributed by atoms with Crippen molar-refractivity contribution < 1.29 is 14.3 Å². The van der Waals surface area contributed by atoms with Crippen LogP contribution in [0.4, 0.5) is 16.3 Å². The van der Waals surface area contributed by atoms with Crippen LogP contribution in [0, 0.1) is 6.92 Å². The zero-order chi connectivity index (χ0) is 17.7. The SMILES string of the molecule is Cc1cccnc1NC(=O)c1ccc(NC(=O)OC(C)(C)C)cc1. The van der Waals surface area contributed by atoms with Gasteiger partial charge in [-0.05, 0) is 63.6 Å². The lowest BCUT2D eigenvalue weighted by atomic mass is 10.2. The molecule has 0 aliphatic rings. The van der Waals surface area contributed by atoms with Crippen molar-refractivity contribution in [2.75, 3.05) is 10.6 Å². The van der Waals surface area contributed by atoms with Gasteiger partial charge in [0.25, 0.3) is 5.91 Å². The Kier molecular flexibility index (Phi) is 5.18. The molecule has 0 unspecified atom stereocenters. The van der Waals surface area contributed by atoms with Crippen molar-refractivity contribution >= 4 is 23.5 Å². The molecular weight excluding hydrogens is 306 g/mol. The Morgan fingerprint density at radius 2 is 1.71 bits per heavy atom. The number of aryl methyl sites for hydroxylation is 1. The molecule has 2 N–H and O–H groups in total. The van der Waals surface area contributed by atoms with E-state index >= 15 is 0 Å². The summed E-state index contributed by atoms with van der Waals surface area (Å²) < 4.78 is 5.17. The number of pyridine rings is 1. The molecule has 126 valence electrons. The van der Waals surface area contributed by atoms with Crippen molar-refractivity contribution in [3.05, 3.63) is 53.7 Å². The summed E-state index contributed by atoms with van der Waals surface area (Å²) in [7, 11) is 0. The molecule has 2 rings (SSSR count). The van der Waals surface area contributed by atoms with Crippen LogP contribution in [0.5, 0.6) is 0 Å². The van der Waals surface area contributed by atoms with Gasteiger partial charge in [-0.25, -0.2) is 9.78 Å². The number of amides is 2. The smallest absolute Gasteiger partial charge is 0.412 e. The summed E-state index contributed by atoms with van der Waals surface area (Å²) in [5, 5.41) is 5.37. The summed E-state index contributed by atoms with van der Waals surface area (Å²) in [5.74, 6) is 0.263. The van der Waals surface area contributed by atoms with E-state index in [1.54, 1.807) is 51.2 Å². The second kappa shape index (κ2) is 7.12. The molecule has 0 saturated heterocycles. The van der Waals surface area contributed by atoms with Crippen molar-refractivity contribution in [2.24, 2.45) is 0 Å². The molecule has 1 heterocycles. The van der Waals surface area contributed by atoms with Gasteiger partial charge in [-0.1, -0.05) is 6.07 Å². The molecule has 2 aromatic rings. The molecule has 1 aromatic heterocycles. The van der Waals surface area contributed by atoms with Crippen molar-refractivity contribution in [3.63, 3.8) is 0 Å². The van der Waals surface area contributed by atoms with Gasteiger partial charge in [-0.15, -0.1) is 0 Å². The molecule has 0 radical (unpaired) electrons. The van der Waals surface area contributed by atoms with Crippen LogP contribution in [0.2, 0.25) is 0 Å². The first-order valence-electron chi connectivity index (χ1n) is 7.58. The Morgan fingerprint density at radius 3 is 2.29 bits per heavy atom. The van der Waals surface area contributed by atoms with Crippen LogP contribution >= 0.6 is 0 Å². The Bertz CT molecular complexity index is 734. The average molecular weight is 327 g/mol. The van der Waals surface area contributed by atoms with Gasteiger partial charge in [0.05, 0.1) is 0 Å². The lowest BCUT2D eigenvalue weighted by molar-refractivity contribution is 0.0636. The van der Waals surface area contributed by atoms with Crippen molar-refractivity contribution in [3.8, 4) is 0 Å². The summed E-state index contributed by atoms with van der Waals surface area (Å²) >= 11 is 0. The third kappa shape index (κ3) is 5.08. The predicted octanol–water partition coefficient (Wildman–Crippen LogP) is 3.99. The number of hydrogen-bond donors (Lipinski definition) is 2. The monoisotopic (exact) mass is 327 g/mol. The van der Waals surface area contributed by atoms with E-state index in [-0.39, 0.29) is 5.91 Å². The minimum absolute atomic E-state index is 0.263. The molecule has 0 fully saturated rings. The molecule has 0 spiro atoms. The highest BCUT2D eigenvalue weighted by Gasteiger charge is 2.16. The maximum absolute atomic E-state index is 12.2. The lowest BCUT2D eigenvalue weighted by Crippen LogP contribution is -2.27. The van der Waals surface area contributed by atoms with Crippen LogP contribution < -0.4 is 10.6 Å². The van der Waals surface area contributed by atoms with Gasteiger partial charge in [-0.3, -0.25) is 10.1 Å². The molecule has 6 heteroatoms. The Morgan fingerprint density at radius 1 is 1.04 bits per heavy atom. The highest BCUT2D eigenvalue weighted by atomic mass is 16.6. The summed E-state index contributed by atoms with van der Waals surface area (Å²) in [5.41, 5.74) is 1.34. The van der Waals surface area contributed by atoms with Crippen LogP contribution in [-0.2, 0) is 4.74 Å². The first-order chi connectivity index (χ1) is 11.2. The van der Waals surface area contributed by atoms with Gasteiger partial charge < -0.3 is 10.1 Å². The van der Waals surface area contributed by atoms with Gasteiger partial charge >= 0.3 is 6.09 Å². The summed E-state index contributed by atoms with van der Waals surface area (Å²) in [4.78, 5) is 28.1. The maximum atomic E-state index is 12.2. The van der Waals surface area contributed by atoms with E-state index in [2.05, 4.69) is 15.6 Å². The minimum atomic E-state index is -0.565. The molecular formula is C18H21N3O3. The van der Waals surface area contributed by atoms with Crippen LogP contribution in [-0.4, -0.2) is 22.6 Å². The largest absolute Gasteiger partial charge is 0.444 e. The first kappa shape index (κ1) is 17.5. The zero-order valence-corrected chi connectivity index (χ0v) is 14.2. The number of rotatable bonds is 3. The van der Waals surface area contributed by atoms with E-state index in [1.165, 1.54) is 0 Å². The van der Waals surface area contributed by atoms with E-state index in [0.717, 1.165) is 5.56 Å². The summed E-state index contributed by atoms with van der Waals surface area (Å²) in [6.07, 6.45) is 1.08. The Balaban J connectivity index is 2.00. The normalized spacial score (nSPS) is 10.8. The van der Waals surface area contributed by atoms with Gasteiger partial charge in [0.1, 0.15) is 11.4 Å². The summed E-state index contributed by atoms with van der Waals surface area (Å²) in [6, 6.07) is 10.2. The van der Waals surface area contributed by atoms with Gasteiger partial charge in [0.2, 0.25) is 0 Å². The van der Waals surface area contributed by atoms with Crippen molar-refractivity contribution in [1.82, 2.24) is 4.98 Å². The fourth-order valence-corrected chi connectivity index (χ4v) is 1.92. The van der Waals surface area contributed by atoms with Gasteiger partial charge in [0, 0.05) is 17.4 Å². The first-order valence-corrected chi connectivity index (χ1v) is 7.58. The number of carbonyl (C=O) groups is 2. The third-order valence-corrected chi connectivity index (χ3v) is 3.03. The predicted molar refractivity (Wildman–Crippen MR) is 93.2 cm³/mol. The van der Waals surface area contributed by atoms with Crippen molar-refractivity contribution in [2.45, 2.75) is 33.3 Å². The average Bonchev–Trinajstić information content (AvgIpc) is 2.48. The number of aromatic nitrogens is 1. The second-order valence-corrected chi connectivity index (χ2v) is 6.33. The number of benzene rings is 1. The molecule has 0 atom stereocenters. The number of hydrogen-bond acceptors (Lipinski definition) is 4. The number of carbonyl (C=O) groups excluding carboxylic acids is 2. The summed E-state index contributed by atoms with van der Waals surface area (Å²) in [6.45, 7) is 7.25. The zero-order valence-electron chi connectivity index (χ0n) is 14.2. The molecule has 0 aliphatic carbocycles. The van der Waals surface area contributed by atoms with Gasteiger partial charge in [-0.2, -0.15) is 0 Å². The Labute approximate surface area is 141 Å². The third-order valence-electron chi connectivity index (χ3n) is 3.03. The number of anilines is 2. The molecule has 0 bridgehead atoms. The lowest BCUT2D eigenvalue weighted by Gasteiger charge is -2.19. The fourth-order valence-electron chi connectivity index (χ4n) is 1.92. The van der Waals surface area contributed by atoms with Crippen LogP contribution in [0.25, 0.3) is 0 Å². The van der Waals surface area contributed by atoms with E-state index in [4.69, 9.17) is 4.74 Å². The number of nitrogens with one attached hydrogen (secondary N) is 2. The number of nitrogens with zero attached hydrogens (tertiary/aromatic N) is 1. The minimum Gasteiger partial charge on any atom is -0.444 e. The molecule has 0 saturated carbocycles. The maximum Gasteiger partial charge on any atom is 0.412 e. The van der Waals surface area contributed by atoms with Crippen molar-refractivity contribution in [1.29, 1.82) is 0 Å². The van der Waals surface area contributed by atoms with E-state index < -0.39 is 11.7 Å². The standard InChI is InChI=1S/C18H21N3O3/c1-12-6-5-11-19-15(12)21-16(22)13-7-9-14(10-8-13)20-17(23)24-18(2,3)4/h5-11H,1-4H3,(H,20,23)(H,19,21,22). The highest BCUT2D eigenvalue weighted by molar-refractivity contribution is 6.04. The molecule has 1 aromatic carbocycles. The van der Waals surface area contributed by atoms with E-state index in [9.17, 15) is 9.59 Å². The van der Waals surface area contributed by atoms with Gasteiger partial charge in [0.15, 0.2) is 0 Å². The topological polar surface area (TPSA) is 80.3 Å². The van der Waals surface area contributed by atoms with E-state index in [0.29, 0.717) is 17.1 Å². The Hall–Kier alpha value is -2.89. The molecule has 0 aliphatic heterocycles. The van der Waals surface area contributed by atoms with Crippen LogP contribution in [0.3, 0.4) is 0 Å². The quantitative estimate of drug-likeness (QED) is 0.893. The highest BCUT2D eigenvalue weighted by Crippen LogP contribution is 2.15. The van der Waals surface area contributed by atoms with Crippen LogP contribution in [0.15, 0.2) is 42.6 Å². The molecule has 6 nitrogen and oxygen atoms in total. The molecule has 2 amide bonds. The number of ether oxygens (including phenoxy) is 1. The van der Waals surface area contributed by atoms with E-state index in [1.807, 2.05) is 19.1 Å².